The van der Waals surface area contributed by atoms with Gasteiger partial charge in [0.2, 0.25) is 0 Å². The van der Waals surface area contributed by atoms with Gasteiger partial charge in [0.15, 0.2) is 0 Å². The molecular formula is C31H42N6O5. The molecule has 42 heavy (non-hydrogen) atoms. The van der Waals surface area contributed by atoms with Crippen molar-refractivity contribution in [3.63, 3.8) is 0 Å². The first-order valence-electron chi connectivity index (χ1n) is 14.1. The van der Waals surface area contributed by atoms with E-state index in [4.69, 9.17) is 14.2 Å². The van der Waals surface area contributed by atoms with Crippen molar-refractivity contribution in [2.24, 2.45) is 0 Å². The van der Waals surface area contributed by atoms with E-state index in [1.807, 2.05) is 34.6 Å². The summed E-state index contributed by atoms with van der Waals surface area (Å²) in [5.41, 5.74) is 1.45. The van der Waals surface area contributed by atoms with Gasteiger partial charge in [-0.25, -0.2) is 19.0 Å². The summed E-state index contributed by atoms with van der Waals surface area (Å²) >= 11 is 0. The second-order valence-corrected chi connectivity index (χ2v) is 11.7. The Morgan fingerprint density at radius 2 is 1.64 bits per heavy atom. The molecule has 2 amide bonds. The number of benzene rings is 1. The minimum atomic E-state index is -0.751. The lowest BCUT2D eigenvalue weighted by Gasteiger charge is -2.30. The van der Waals surface area contributed by atoms with Crippen LogP contribution >= 0.6 is 0 Å². The van der Waals surface area contributed by atoms with E-state index < -0.39 is 23.4 Å². The average Bonchev–Trinajstić information content (AvgIpc) is 3.36. The molecule has 0 saturated carbocycles. The Labute approximate surface area is 247 Å². The minimum Gasteiger partial charge on any atom is -0.494 e. The number of pyridine rings is 1. The lowest BCUT2D eigenvalue weighted by molar-refractivity contribution is 0.0525. The van der Waals surface area contributed by atoms with Crippen LogP contribution in [0.4, 0.5) is 26.8 Å². The molecule has 0 fully saturated rings. The van der Waals surface area contributed by atoms with Crippen molar-refractivity contribution in [2.45, 2.75) is 79.4 Å². The molecule has 0 atom stereocenters. The maximum atomic E-state index is 13.7. The topological polar surface area (TPSA) is 130 Å². The number of hydrogen-bond donors (Lipinski definition) is 2. The summed E-state index contributed by atoms with van der Waals surface area (Å²) in [6, 6.07) is 11.2. The van der Waals surface area contributed by atoms with Gasteiger partial charge in [0.1, 0.15) is 34.4 Å². The fraction of sp³-hybridized carbons (Fsp3) is 0.484. The number of alkyl carbamates (subject to hydrolysis) is 1. The van der Waals surface area contributed by atoms with Gasteiger partial charge in [0.25, 0.3) is 0 Å². The number of nitrogens with zero attached hydrogens (tertiary/aromatic N) is 4. The molecule has 0 aliphatic heterocycles. The summed E-state index contributed by atoms with van der Waals surface area (Å²) < 4.78 is 18.3. The Bertz CT molecular complexity index is 1430. The first kappa shape index (κ1) is 32.1. The summed E-state index contributed by atoms with van der Waals surface area (Å²) in [4.78, 5) is 27.1. The summed E-state index contributed by atoms with van der Waals surface area (Å²) in [5.74, 6) is 1.12. The van der Waals surface area contributed by atoms with E-state index in [0.717, 1.165) is 0 Å². The van der Waals surface area contributed by atoms with E-state index in [0.29, 0.717) is 72.1 Å². The number of rotatable bonds is 10. The number of hydrogen-bond acceptors (Lipinski definition) is 8. The second-order valence-electron chi connectivity index (χ2n) is 11.7. The van der Waals surface area contributed by atoms with Gasteiger partial charge in [-0.3, -0.25) is 0 Å². The predicted molar refractivity (Wildman–Crippen MR) is 163 cm³/mol. The van der Waals surface area contributed by atoms with Crippen LogP contribution in [0.1, 0.15) is 72.4 Å². The Hall–Kier alpha value is -4.46. The van der Waals surface area contributed by atoms with E-state index in [9.17, 15) is 14.9 Å². The molecule has 3 rings (SSSR count). The van der Waals surface area contributed by atoms with Crippen molar-refractivity contribution in [1.29, 1.82) is 5.26 Å². The SMILES string of the molecule is CCOc1ccc(N(C(=O)OC(C)(C)C)c2c(C)c(NCCCCNC(=O)OC(C)(C)C)c(C#N)c3ccnn23)cc1. The van der Waals surface area contributed by atoms with Crippen molar-refractivity contribution < 1.29 is 23.8 Å². The third kappa shape index (κ3) is 8.28. The minimum absolute atomic E-state index is 0.413. The van der Waals surface area contributed by atoms with E-state index in [1.54, 1.807) is 61.8 Å². The van der Waals surface area contributed by atoms with Gasteiger partial charge in [-0.2, -0.15) is 10.4 Å². The number of ether oxygens (including phenoxy) is 3. The summed E-state index contributed by atoms with van der Waals surface area (Å²) in [6.45, 7) is 16.1. The van der Waals surface area contributed by atoms with Gasteiger partial charge in [-0.15, -0.1) is 0 Å². The van der Waals surface area contributed by atoms with Crippen molar-refractivity contribution in [3.05, 3.63) is 47.7 Å². The number of carbonyl (C=O) groups is 2. The van der Waals surface area contributed by atoms with Crippen molar-refractivity contribution >= 4 is 34.9 Å². The number of carbonyl (C=O) groups excluding carboxylic acids is 2. The second kappa shape index (κ2) is 13.5. The van der Waals surface area contributed by atoms with Gasteiger partial charge in [0.05, 0.1) is 29.7 Å². The number of unbranched alkanes of at least 4 members (excludes halogenated alkanes) is 1. The van der Waals surface area contributed by atoms with Crippen molar-refractivity contribution in [2.75, 3.05) is 29.9 Å². The summed E-state index contributed by atoms with van der Waals surface area (Å²) in [6.07, 6.45) is 1.97. The molecule has 2 aromatic heterocycles. The molecule has 2 heterocycles. The quantitative estimate of drug-likeness (QED) is 0.254. The number of fused-ring (bicyclic) bond motifs is 1. The average molecular weight is 579 g/mol. The Balaban J connectivity index is 1.95. The van der Waals surface area contributed by atoms with Gasteiger partial charge in [0, 0.05) is 18.7 Å². The molecule has 0 bridgehead atoms. The van der Waals surface area contributed by atoms with Crippen LogP contribution in [0.25, 0.3) is 5.52 Å². The Morgan fingerprint density at radius 1 is 1.00 bits per heavy atom. The molecule has 11 heteroatoms. The molecule has 1 aromatic carbocycles. The lowest BCUT2D eigenvalue weighted by atomic mass is 10.1. The lowest BCUT2D eigenvalue weighted by Crippen LogP contribution is -2.35. The highest BCUT2D eigenvalue weighted by atomic mass is 16.6. The Morgan fingerprint density at radius 3 is 2.24 bits per heavy atom. The highest BCUT2D eigenvalue weighted by Crippen LogP contribution is 2.38. The van der Waals surface area contributed by atoms with E-state index in [1.165, 1.54) is 4.90 Å². The third-order valence-electron chi connectivity index (χ3n) is 5.94. The zero-order valence-corrected chi connectivity index (χ0v) is 25.8. The van der Waals surface area contributed by atoms with Crippen LogP contribution in [0.2, 0.25) is 0 Å². The summed E-state index contributed by atoms with van der Waals surface area (Å²) in [5, 5.41) is 20.8. The number of anilines is 3. The molecule has 11 nitrogen and oxygen atoms in total. The zero-order chi connectivity index (χ0) is 31.1. The molecule has 0 aliphatic rings. The third-order valence-corrected chi connectivity index (χ3v) is 5.94. The number of aromatic nitrogens is 2. The van der Waals surface area contributed by atoms with Gasteiger partial charge < -0.3 is 24.8 Å². The predicted octanol–water partition coefficient (Wildman–Crippen LogP) is 6.70. The Kier molecular flexibility index (Phi) is 10.3. The summed E-state index contributed by atoms with van der Waals surface area (Å²) in [7, 11) is 0. The maximum Gasteiger partial charge on any atom is 0.420 e. The fourth-order valence-electron chi connectivity index (χ4n) is 4.29. The molecular weight excluding hydrogens is 536 g/mol. The molecule has 0 radical (unpaired) electrons. The van der Waals surface area contributed by atoms with Crippen LogP contribution < -0.4 is 20.3 Å². The van der Waals surface area contributed by atoms with Gasteiger partial charge in [-0.1, -0.05) is 0 Å². The molecule has 3 aromatic rings. The van der Waals surface area contributed by atoms with E-state index in [-0.39, 0.29) is 0 Å². The largest absolute Gasteiger partial charge is 0.494 e. The van der Waals surface area contributed by atoms with Crippen LogP contribution in [0.5, 0.6) is 5.75 Å². The molecule has 0 unspecified atom stereocenters. The fourth-order valence-corrected chi connectivity index (χ4v) is 4.29. The highest BCUT2D eigenvalue weighted by molar-refractivity contribution is 5.98. The molecule has 226 valence electrons. The van der Waals surface area contributed by atoms with Crippen LogP contribution in [0.15, 0.2) is 36.5 Å². The van der Waals surface area contributed by atoms with Crippen LogP contribution in [-0.4, -0.2) is 52.7 Å². The van der Waals surface area contributed by atoms with Crippen LogP contribution in [0, 0.1) is 18.3 Å². The first-order chi connectivity index (χ1) is 19.8. The van der Waals surface area contributed by atoms with Crippen LogP contribution in [0.3, 0.4) is 0 Å². The molecule has 2 N–H and O–H groups in total. The molecule has 0 spiro atoms. The van der Waals surface area contributed by atoms with E-state index in [2.05, 4.69) is 21.8 Å². The first-order valence-corrected chi connectivity index (χ1v) is 14.1. The van der Waals surface area contributed by atoms with Gasteiger partial charge in [-0.05, 0) is 98.6 Å². The van der Waals surface area contributed by atoms with Crippen molar-refractivity contribution in [1.82, 2.24) is 14.9 Å². The van der Waals surface area contributed by atoms with E-state index >= 15 is 0 Å². The van der Waals surface area contributed by atoms with Crippen molar-refractivity contribution in [3.8, 4) is 11.8 Å². The monoisotopic (exact) mass is 578 g/mol. The number of nitrogens with one attached hydrogen (secondary N) is 2. The van der Waals surface area contributed by atoms with Gasteiger partial charge >= 0.3 is 12.2 Å². The number of nitriles is 1. The number of amides is 2. The van der Waals surface area contributed by atoms with Crippen LogP contribution in [-0.2, 0) is 9.47 Å². The molecule has 0 aliphatic carbocycles. The maximum absolute atomic E-state index is 13.7. The smallest absolute Gasteiger partial charge is 0.420 e. The molecule has 0 saturated heterocycles. The highest BCUT2D eigenvalue weighted by Gasteiger charge is 2.31. The zero-order valence-electron chi connectivity index (χ0n) is 25.8. The normalized spacial score (nSPS) is 11.5. The standard InChI is InChI=1S/C31H42N6O5/c1-9-40-23-14-12-22(13-15-23)36(29(39)42-31(6,7)8)27-21(2)26(24(20-32)25-16-19-35-37(25)27)33-17-10-11-18-34-28(38)41-30(3,4)5/h12-16,19,33H,9-11,17-18H2,1-8H3,(H,34,38).